The van der Waals surface area contributed by atoms with E-state index in [-0.39, 0.29) is 17.9 Å². The SMILES string of the molecule is CCCOc1ccc([C@H]2CN3C(=O)N(c4ccc(C(C)C)cc4)C(=O)[C@]3(C)c3[nH]c4ccccc4c32)cc1OCC. The number of nitrogens with zero attached hydrogens (tertiary/aromatic N) is 2. The fourth-order valence-corrected chi connectivity index (χ4v) is 6.27. The van der Waals surface area contributed by atoms with E-state index in [1.54, 1.807) is 4.90 Å². The number of carbonyl (C=O) groups excluding carboxylic acids is 2. The van der Waals surface area contributed by atoms with Gasteiger partial charge in [0, 0.05) is 23.4 Å². The molecule has 6 rings (SSSR count). The third-order valence-electron chi connectivity index (χ3n) is 8.48. The minimum atomic E-state index is -1.16. The molecule has 2 aliphatic rings. The van der Waals surface area contributed by atoms with Crippen LogP contribution in [0.25, 0.3) is 10.9 Å². The second kappa shape index (κ2) is 10.3. The number of H-pyrrole nitrogens is 1. The lowest BCUT2D eigenvalue weighted by atomic mass is 9.78. The molecule has 2 atom stereocenters. The molecule has 0 saturated carbocycles. The highest BCUT2D eigenvalue weighted by molar-refractivity contribution is 6.23. The molecule has 0 bridgehead atoms. The zero-order valence-corrected chi connectivity index (χ0v) is 24.4. The summed E-state index contributed by atoms with van der Waals surface area (Å²) in [5.41, 5.74) is 4.34. The van der Waals surface area contributed by atoms with Gasteiger partial charge in [0.2, 0.25) is 0 Å². The van der Waals surface area contributed by atoms with Crippen molar-refractivity contribution in [2.45, 2.75) is 58.4 Å². The number of carbonyl (C=O) groups is 2. The van der Waals surface area contributed by atoms with Crippen molar-refractivity contribution >= 4 is 28.5 Å². The number of amides is 3. The van der Waals surface area contributed by atoms with E-state index in [1.807, 2.05) is 68.4 Å². The van der Waals surface area contributed by atoms with Crippen LogP contribution in [0.4, 0.5) is 10.5 Å². The van der Waals surface area contributed by atoms with Gasteiger partial charge in [0.25, 0.3) is 5.91 Å². The van der Waals surface area contributed by atoms with E-state index in [0.29, 0.717) is 42.9 Å². The van der Waals surface area contributed by atoms with Gasteiger partial charge in [0.05, 0.1) is 24.6 Å². The number of hydrogen-bond acceptors (Lipinski definition) is 4. The van der Waals surface area contributed by atoms with E-state index < -0.39 is 5.54 Å². The Morgan fingerprint density at radius 2 is 1.73 bits per heavy atom. The van der Waals surface area contributed by atoms with Crippen LogP contribution < -0.4 is 14.4 Å². The maximum Gasteiger partial charge on any atom is 0.332 e. The third-order valence-corrected chi connectivity index (χ3v) is 8.48. The first-order chi connectivity index (χ1) is 19.8. The smallest absolute Gasteiger partial charge is 0.332 e. The largest absolute Gasteiger partial charge is 0.490 e. The number of benzene rings is 3. The van der Waals surface area contributed by atoms with Crippen LogP contribution in [0.3, 0.4) is 0 Å². The number of ether oxygens (including phenoxy) is 2. The first-order valence-electron chi connectivity index (χ1n) is 14.6. The summed E-state index contributed by atoms with van der Waals surface area (Å²) in [7, 11) is 0. The average molecular weight is 552 g/mol. The quantitative estimate of drug-likeness (QED) is 0.233. The van der Waals surface area contributed by atoms with Gasteiger partial charge in [-0.3, -0.25) is 4.79 Å². The van der Waals surface area contributed by atoms with Crippen LogP contribution in [0, 0.1) is 0 Å². The fourth-order valence-electron chi connectivity index (χ4n) is 6.27. The summed E-state index contributed by atoms with van der Waals surface area (Å²) in [6, 6.07) is 21.6. The number of aromatic amines is 1. The normalized spacial score (nSPS) is 20.1. The first-order valence-corrected chi connectivity index (χ1v) is 14.6. The molecule has 212 valence electrons. The Bertz CT molecular complexity index is 1620. The zero-order chi connectivity index (χ0) is 28.9. The average Bonchev–Trinajstić information content (AvgIpc) is 3.46. The minimum Gasteiger partial charge on any atom is -0.490 e. The molecule has 1 N–H and O–H groups in total. The van der Waals surface area contributed by atoms with Crippen LogP contribution in [0.2, 0.25) is 0 Å². The molecule has 1 fully saturated rings. The van der Waals surface area contributed by atoms with Crippen molar-refractivity contribution in [2.24, 2.45) is 0 Å². The zero-order valence-electron chi connectivity index (χ0n) is 24.4. The maximum absolute atomic E-state index is 14.3. The van der Waals surface area contributed by atoms with Crippen molar-refractivity contribution in [1.82, 2.24) is 9.88 Å². The molecule has 7 nitrogen and oxygen atoms in total. The summed E-state index contributed by atoms with van der Waals surface area (Å²) in [5.74, 6) is 1.33. The van der Waals surface area contributed by atoms with Gasteiger partial charge < -0.3 is 19.4 Å². The van der Waals surface area contributed by atoms with Crippen LogP contribution in [0.5, 0.6) is 11.5 Å². The van der Waals surface area contributed by atoms with Gasteiger partial charge in [0.1, 0.15) is 0 Å². The highest BCUT2D eigenvalue weighted by atomic mass is 16.5. The van der Waals surface area contributed by atoms with Gasteiger partial charge in [0.15, 0.2) is 17.0 Å². The predicted molar refractivity (Wildman–Crippen MR) is 161 cm³/mol. The van der Waals surface area contributed by atoms with Crippen molar-refractivity contribution in [3.63, 3.8) is 0 Å². The molecule has 3 heterocycles. The maximum atomic E-state index is 14.3. The van der Waals surface area contributed by atoms with Gasteiger partial charge in [-0.25, -0.2) is 9.69 Å². The van der Waals surface area contributed by atoms with E-state index in [9.17, 15) is 9.59 Å². The Morgan fingerprint density at radius 3 is 2.44 bits per heavy atom. The summed E-state index contributed by atoms with van der Waals surface area (Å²) in [4.78, 5) is 35.0. The molecule has 4 aromatic rings. The molecule has 2 aliphatic heterocycles. The van der Waals surface area contributed by atoms with Crippen molar-refractivity contribution in [3.05, 3.63) is 89.1 Å². The predicted octanol–water partition coefficient (Wildman–Crippen LogP) is 7.31. The van der Waals surface area contributed by atoms with Crippen LogP contribution in [0.15, 0.2) is 66.7 Å². The van der Waals surface area contributed by atoms with E-state index in [1.165, 1.54) is 4.90 Å². The molecule has 0 unspecified atom stereocenters. The minimum absolute atomic E-state index is 0.173. The monoisotopic (exact) mass is 551 g/mol. The van der Waals surface area contributed by atoms with Crippen molar-refractivity contribution in [2.75, 3.05) is 24.7 Å². The molecule has 3 aromatic carbocycles. The Hall–Kier alpha value is -4.26. The lowest BCUT2D eigenvalue weighted by Crippen LogP contribution is -2.50. The molecule has 41 heavy (non-hydrogen) atoms. The molecule has 7 heteroatoms. The standard InChI is InChI=1S/C34H37N3O4/c1-6-18-41-28-17-14-23(19-29(28)40-7-2)26-20-36-33(39)37(24-15-12-22(13-16-24)21(3)4)32(38)34(36,5)31-30(26)25-10-8-9-11-27(25)35-31/h8-17,19,21,26,35H,6-7,18,20H2,1-5H3/t26-,34+/m1/s1. The Morgan fingerprint density at radius 1 is 0.976 bits per heavy atom. The summed E-state index contributed by atoms with van der Waals surface area (Å²) in [5, 5.41) is 1.05. The number of fused-ring (bicyclic) bond motifs is 5. The lowest BCUT2D eigenvalue weighted by molar-refractivity contribution is -0.125. The molecule has 0 spiro atoms. The molecule has 0 aliphatic carbocycles. The molecule has 0 radical (unpaired) electrons. The van der Waals surface area contributed by atoms with Gasteiger partial charge in [-0.2, -0.15) is 0 Å². The Kier molecular flexibility index (Phi) is 6.76. The molecule has 1 saturated heterocycles. The highest BCUT2D eigenvalue weighted by Crippen LogP contribution is 2.51. The van der Waals surface area contributed by atoms with E-state index in [4.69, 9.17) is 9.47 Å². The van der Waals surface area contributed by atoms with E-state index in [0.717, 1.165) is 39.7 Å². The Balaban J connectivity index is 1.49. The van der Waals surface area contributed by atoms with Gasteiger partial charge >= 0.3 is 6.03 Å². The number of rotatable bonds is 8. The topological polar surface area (TPSA) is 74.9 Å². The number of anilines is 1. The van der Waals surface area contributed by atoms with Crippen LogP contribution in [0.1, 0.15) is 75.3 Å². The number of imide groups is 1. The number of urea groups is 1. The highest BCUT2D eigenvalue weighted by Gasteiger charge is 2.60. The number of nitrogens with one attached hydrogen (secondary N) is 1. The van der Waals surface area contributed by atoms with Crippen molar-refractivity contribution < 1.29 is 19.1 Å². The number of aromatic nitrogens is 1. The summed E-state index contributed by atoms with van der Waals surface area (Å²) < 4.78 is 12.0. The summed E-state index contributed by atoms with van der Waals surface area (Å²) >= 11 is 0. The second-order valence-corrected chi connectivity index (χ2v) is 11.4. The molecular weight excluding hydrogens is 514 g/mol. The summed E-state index contributed by atoms with van der Waals surface area (Å²) in [6.07, 6.45) is 0.898. The van der Waals surface area contributed by atoms with E-state index >= 15 is 0 Å². The van der Waals surface area contributed by atoms with E-state index in [2.05, 4.69) is 37.9 Å². The summed E-state index contributed by atoms with van der Waals surface area (Å²) in [6.45, 7) is 11.6. The van der Waals surface area contributed by atoms with Crippen molar-refractivity contribution in [1.29, 1.82) is 0 Å². The molecule has 3 amide bonds. The van der Waals surface area contributed by atoms with Crippen LogP contribution in [-0.4, -0.2) is 41.6 Å². The molecular formula is C34H37N3O4. The van der Waals surface area contributed by atoms with Gasteiger partial charge in [-0.05, 0) is 73.2 Å². The third kappa shape index (κ3) is 4.17. The number of para-hydroxylation sites is 1. The fraction of sp³-hybridized carbons (Fsp3) is 0.353. The van der Waals surface area contributed by atoms with Gasteiger partial charge in [-0.1, -0.05) is 57.2 Å². The first kappa shape index (κ1) is 26.9. The second-order valence-electron chi connectivity index (χ2n) is 11.4. The van der Waals surface area contributed by atoms with Gasteiger partial charge in [-0.15, -0.1) is 0 Å². The van der Waals surface area contributed by atoms with Crippen molar-refractivity contribution in [3.8, 4) is 11.5 Å². The Labute approximate surface area is 241 Å². The molecule has 1 aromatic heterocycles. The van der Waals surface area contributed by atoms with Crippen LogP contribution >= 0.6 is 0 Å². The van der Waals surface area contributed by atoms with Crippen LogP contribution in [-0.2, 0) is 10.3 Å². The number of hydrogen-bond donors (Lipinski definition) is 1. The lowest BCUT2D eigenvalue weighted by Gasteiger charge is -2.40.